The van der Waals surface area contributed by atoms with Crippen LogP contribution in [0.25, 0.3) is 0 Å². The van der Waals surface area contributed by atoms with Crippen LogP contribution in [0.4, 0.5) is 0 Å². The van der Waals surface area contributed by atoms with Gasteiger partial charge in [-0.1, -0.05) is 51.0 Å². The van der Waals surface area contributed by atoms with E-state index >= 15 is 0 Å². The molecule has 0 amide bonds. The van der Waals surface area contributed by atoms with Crippen molar-refractivity contribution in [2.24, 2.45) is 0 Å². The number of hydrogen-bond acceptors (Lipinski definition) is 2. The van der Waals surface area contributed by atoms with Crippen molar-refractivity contribution >= 4 is 0 Å². The molecule has 2 heteroatoms. The Hall–Kier alpha value is -0.860. The summed E-state index contributed by atoms with van der Waals surface area (Å²) >= 11 is 0. The fourth-order valence-corrected chi connectivity index (χ4v) is 2.67. The third kappa shape index (κ3) is 3.56. The first kappa shape index (κ1) is 13.6. The summed E-state index contributed by atoms with van der Waals surface area (Å²) in [5.74, 6) is 0.589. The number of aliphatic hydroxyl groups is 1. The smallest absolute Gasteiger partial charge is 0.0771 e. The van der Waals surface area contributed by atoms with Gasteiger partial charge in [0.1, 0.15) is 0 Å². The van der Waals surface area contributed by atoms with Crippen LogP contribution in [-0.4, -0.2) is 17.3 Å². The first-order valence-corrected chi connectivity index (χ1v) is 7.11. The van der Waals surface area contributed by atoms with Gasteiger partial charge in [-0.05, 0) is 29.9 Å². The second kappa shape index (κ2) is 5.85. The van der Waals surface area contributed by atoms with Crippen LogP contribution in [0.3, 0.4) is 0 Å². The van der Waals surface area contributed by atoms with Gasteiger partial charge in [-0.3, -0.25) is 0 Å². The van der Waals surface area contributed by atoms with E-state index in [1.54, 1.807) is 0 Å². The largest absolute Gasteiger partial charge is 0.389 e. The molecule has 2 nitrogen and oxygen atoms in total. The molecule has 1 fully saturated rings. The zero-order chi connectivity index (χ0) is 13.0. The summed E-state index contributed by atoms with van der Waals surface area (Å²) in [6, 6.07) is 8.76. The lowest BCUT2D eigenvalue weighted by Crippen LogP contribution is -2.37. The Morgan fingerprint density at radius 1 is 1.17 bits per heavy atom. The summed E-state index contributed by atoms with van der Waals surface area (Å²) in [6.45, 7) is 5.99. The fourth-order valence-electron chi connectivity index (χ4n) is 2.67. The lowest BCUT2D eigenvalue weighted by Gasteiger charge is -2.22. The number of rotatable bonds is 5. The minimum atomic E-state index is -0.447. The van der Waals surface area contributed by atoms with E-state index in [1.807, 2.05) is 0 Å². The summed E-state index contributed by atoms with van der Waals surface area (Å²) in [5, 5.41) is 13.6. The average molecular weight is 247 g/mol. The van der Waals surface area contributed by atoms with Crippen LogP contribution in [0.15, 0.2) is 24.3 Å². The molecular weight excluding hydrogens is 222 g/mol. The minimum Gasteiger partial charge on any atom is -0.389 e. The topological polar surface area (TPSA) is 32.3 Å². The van der Waals surface area contributed by atoms with E-state index in [0.29, 0.717) is 5.92 Å². The summed E-state index contributed by atoms with van der Waals surface area (Å²) in [6.07, 6.45) is 4.24. The monoisotopic (exact) mass is 247 g/mol. The molecule has 0 aliphatic heterocycles. The Bertz CT molecular complexity index is 363. The molecule has 0 bridgehead atoms. The van der Waals surface area contributed by atoms with E-state index in [2.05, 4.69) is 43.4 Å². The SMILES string of the molecule is CC(C)c1ccc(CNCC2(O)CCCC2)cc1. The fraction of sp³-hybridized carbons (Fsp3) is 0.625. The zero-order valence-corrected chi connectivity index (χ0v) is 11.6. The van der Waals surface area contributed by atoms with Crippen LogP contribution in [0.2, 0.25) is 0 Å². The van der Waals surface area contributed by atoms with Crippen molar-refractivity contribution < 1.29 is 5.11 Å². The Kier molecular flexibility index (Phi) is 4.41. The van der Waals surface area contributed by atoms with E-state index < -0.39 is 5.60 Å². The van der Waals surface area contributed by atoms with Gasteiger partial charge in [-0.2, -0.15) is 0 Å². The van der Waals surface area contributed by atoms with Crippen molar-refractivity contribution in [2.75, 3.05) is 6.54 Å². The van der Waals surface area contributed by atoms with Crippen LogP contribution in [0, 0.1) is 0 Å². The lowest BCUT2D eigenvalue weighted by molar-refractivity contribution is 0.0475. The van der Waals surface area contributed by atoms with E-state index in [9.17, 15) is 5.11 Å². The third-order valence-electron chi connectivity index (χ3n) is 3.96. The molecule has 2 N–H and O–H groups in total. The van der Waals surface area contributed by atoms with Gasteiger partial charge in [0.05, 0.1) is 5.60 Å². The van der Waals surface area contributed by atoms with Gasteiger partial charge in [0.25, 0.3) is 0 Å². The molecule has 100 valence electrons. The highest BCUT2D eigenvalue weighted by Crippen LogP contribution is 2.28. The first-order valence-electron chi connectivity index (χ1n) is 7.11. The maximum Gasteiger partial charge on any atom is 0.0771 e. The molecule has 1 aromatic carbocycles. The van der Waals surface area contributed by atoms with Gasteiger partial charge in [0.2, 0.25) is 0 Å². The van der Waals surface area contributed by atoms with Crippen molar-refractivity contribution in [3.63, 3.8) is 0 Å². The second-order valence-corrected chi connectivity index (χ2v) is 5.93. The molecular formula is C16H25NO. The van der Waals surface area contributed by atoms with E-state index in [0.717, 1.165) is 25.9 Å². The molecule has 2 rings (SSSR count). The highest BCUT2D eigenvalue weighted by Gasteiger charge is 2.30. The number of nitrogens with one attached hydrogen (secondary N) is 1. The molecule has 0 atom stereocenters. The molecule has 1 aromatic rings. The van der Waals surface area contributed by atoms with Gasteiger partial charge in [0, 0.05) is 13.1 Å². The average Bonchev–Trinajstić information content (AvgIpc) is 2.77. The normalized spacial score (nSPS) is 18.4. The van der Waals surface area contributed by atoms with Gasteiger partial charge in [0.15, 0.2) is 0 Å². The van der Waals surface area contributed by atoms with E-state index in [1.165, 1.54) is 24.0 Å². The molecule has 0 unspecified atom stereocenters. The number of benzene rings is 1. The molecule has 0 aromatic heterocycles. The molecule has 0 saturated heterocycles. The maximum absolute atomic E-state index is 10.2. The Morgan fingerprint density at radius 3 is 2.33 bits per heavy atom. The Labute approximate surface area is 110 Å². The van der Waals surface area contributed by atoms with Crippen molar-refractivity contribution in [2.45, 2.75) is 57.6 Å². The van der Waals surface area contributed by atoms with Crippen LogP contribution < -0.4 is 5.32 Å². The van der Waals surface area contributed by atoms with Crippen molar-refractivity contribution in [3.05, 3.63) is 35.4 Å². The molecule has 18 heavy (non-hydrogen) atoms. The standard InChI is InChI=1S/C16H25NO/c1-13(2)15-7-5-14(6-8-15)11-17-12-16(18)9-3-4-10-16/h5-8,13,17-18H,3-4,9-12H2,1-2H3. The number of hydrogen-bond donors (Lipinski definition) is 2. The van der Waals surface area contributed by atoms with Crippen LogP contribution >= 0.6 is 0 Å². The molecule has 1 aliphatic carbocycles. The Balaban J connectivity index is 1.79. The molecule has 0 heterocycles. The third-order valence-corrected chi connectivity index (χ3v) is 3.96. The maximum atomic E-state index is 10.2. The highest BCUT2D eigenvalue weighted by atomic mass is 16.3. The van der Waals surface area contributed by atoms with Crippen LogP contribution in [0.1, 0.15) is 56.6 Å². The predicted molar refractivity (Wildman–Crippen MR) is 75.7 cm³/mol. The highest BCUT2D eigenvalue weighted by molar-refractivity contribution is 5.24. The van der Waals surface area contributed by atoms with E-state index in [4.69, 9.17) is 0 Å². The summed E-state index contributed by atoms with van der Waals surface area (Å²) < 4.78 is 0. The summed E-state index contributed by atoms with van der Waals surface area (Å²) in [5.41, 5.74) is 2.23. The molecule has 0 radical (unpaired) electrons. The first-order chi connectivity index (χ1) is 8.59. The minimum absolute atomic E-state index is 0.447. The molecule has 1 aliphatic rings. The quantitative estimate of drug-likeness (QED) is 0.837. The van der Waals surface area contributed by atoms with Crippen LogP contribution in [-0.2, 0) is 6.54 Å². The van der Waals surface area contributed by atoms with E-state index in [-0.39, 0.29) is 0 Å². The summed E-state index contributed by atoms with van der Waals surface area (Å²) in [7, 11) is 0. The summed E-state index contributed by atoms with van der Waals surface area (Å²) in [4.78, 5) is 0. The Morgan fingerprint density at radius 2 is 1.78 bits per heavy atom. The van der Waals surface area contributed by atoms with Crippen molar-refractivity contribution in [1.29, 1.82) is 0 Å². The van der Waals surface area contributed by atoms with Crippen molar-refractivity contribution in [3.8, 4) is 0 Å². The van der Waals surface area contributed by atoms with Gasteiger partial charge in [-0.15, -0.1) is 0 Å². The zero-order valence-electron chi connectivity index (χ0n) is 11.6. The van der Waals surface area contributed by atoms with Gasteiger partial charge in [-0.25, -0.2) is 0 Å². The predicted octanol–water partition coefficient (Wildman–Crippen LogP) is 3.20. The van der Waals surface area contributed by atoms with Crippen LogP contribution in [0.5, 0.6) is 0 Å². The van der Waals surface area contributed by atoms with Crippen molar-refractivity contribution in [1.82, 2.24) is 5.32 Å². The molecule has 1 saturated carbocycles. The lowest BCUT2D eigenvalue weighted by atomic mass is 10.0. The van der Waals surface area contributed by atoms with Gasteiger partial charge >= 0.3 is 0 Å². The van der Waals surface area contributed by atoms with Gasteiger partial charge < -0.3 is 10.4 Å². The molecule has 0 spiro atoms. The second-order valence-electron chi connectivity index (χ2n) is 5.93.